The topological polar surface area (TPSA) is 149 Å². The molecule has 0 aromatic heterocycles. The number of allylic oxidation sites excluding steroid dienone is 4. The number of hydrogen-bond acceptors (Lipinski definition) is 9. The number of hydrogen-bond donors (Lipinski definition) is 3. The molecule has 0 aliphatic carbocycles. The van der Waals surface area contributed by atoms with Gasteiger partial charge in [0.1, 0.15) is 12.2 Å². The van der Waals surface area contributed by atoms with Crippen LogP contribution in [0.1, 0.15) is 271 Å². The molecule has 0 fully saturated rings. The molecule has 0 saturated heterocycles. The Morgan fingerprint density at radius 1 is 0.400 bits per heavy atom. The second kappa shape index (κ2) is 50.3. The Bertz CT molecular complexity index is 1130. The molecule has 65 heavy (non-hydrogen) atoms. The number of esters is 2. The zero-order chi connectivity index (χ0) is 47.6. The molecule has 384 valence electrons. The lowest BCUT2D eigenvalue weighted by molar-refractivity contribution is -0.153. The number of carbonyl (C=O) groups excluding carboxylic acids is 2. The van der Waals surface area contributed by atoms with E-state index in [1.54, 1.807) is 0 Å². The van der Waals surface area contributed by atoms with Gasteiger partial charge in [0.2, 0.25) is 0 Å². The first kappa shape index (κ1) is 63.5. The van der Waals surface area contributed by atoms with Gasteiger partial charge in [-0.05, 0) is 64.2 Å². The van der Waals surface area contributed by atoms with Gasteiger partial charge in [-0.25, -0.2) is 4.57 Å². The molecule has 3 unspecified atom stereocenters. The molecule has 0 amide bonds. The fourth-order valence-electron chi connectivity index (χ4n) is 7.93. The van der Waals surface area contributed by atoms with Crippen LogP contribution in [0.5, 0.6) is 0 Å². The first-order chi connectivity index (χ1) is 31.8. The Kier molecular flexibility index (Phi) is 49.1. The molecule has 3 N–H and O–H groups in total. The SMILES string of the molecule is CCCCCCCC/C=C\CCCCCCCCCCCC(=O)OC(CO)COP(=O)(O)OCC(CO)OC(=O)CCCCCCCCCCCCC/C=C\CCCCCCCCCC. The van der Waals surface area contributed by atoms with Crippen molar-refractivity contribution in [3.05, 3.63) is 24.3 Å². The predicted molar refractivity (Wildman–Crippen MR) is 270 cm³/mol. The van der Waals surface area contributed by atoms with Gasteiger partial charge < -0.3 is 24.6 Å². The van der Waals surface area contributed by atoms with Gasteiger partial charge in [0.15, 0.2) is 0 Å². The number of aliphatic hydroxyl groups excluding tert-OH is 2. The van der Waals surface area contributed by atoms with Gasteiger partial charge in [0.05, 0.1) is 26.4 Å². The Hall–Kier alpha value is -1.55. The minimum Gasteiger partial charge on any atom is -0.457 e. The van der Waals surface area contributed by atoms with E-state index in [0.29, 0.717) is 12.8 Å². The third-order valence-electron chi connectivity index (χ3n) is 12.1. The van der Waals surface area contributed by atoms with Crippen LogP contribution in [0, 0.1) is 0 Å². The molecule has 0 saturated carbocycles. The summed E-state index contributed by atoms with van der Waals surface area (Å²) in [6.07, 6.45) is 54.4. The summed E-state index contributed by atoms with van der Waals surface area (Å²) in [5.41, 5.74) is 0. The molecule has 0 aliphatic heterocycles. The summed E-state index contributed by atoms with van der Waals surface area (Å²) >= 11 is 0. The number of aliphatic hydroxyl groups is 2. The maximum absolute atomic E-state index is 12.4. The highest BCUT2D eigenvalue weighted by molar-refractivity contribution is 7.47. The summed E-state index contributed by atoms with van der Waals surface area (Å²) in [4.78, 5) is 34.7. The van der Waals surface area contributed by atoms with Gasteiger partial charge >= 0.3 is 19.8 Å². The summed E-state index contributed by atoms with van der Waals surface area (Å²) in [7, 11) is -4.64. The van der Waals surface area contributed by atoms with Crippen molar-refractivity contribution in [1.82, 2.24) is 0 Å². The lowest BCUT2D eigenvalue weighted by Gasteiger charge is -2.20. The van der Waals surface area contributed by atoms with E-state index in [1.807, 2.05) is 0 Å². The summed E-state index contributed by atoms with van der Waals surface area (Å²) in [6, 6.07) is 0. The van der Waals surface area contributed by atoms with Gasteiger partial charge in [-0.3, -0.25) is 18.6 Å². The van der Waals surface area contributed by atoms with E-state index in [4.69, 9.17) is 18.5 Å². The molecular weight excluding hydrogens is 840 g/mol. The third-order valence-corrected chi connectivity index (χ3v) is 13.1. The first-order valence-corrected chi connectivity index (χ1v) is 28.8. The van der Waals surface area contributed by atoms with E-state index in [9.17, 15) is 29.3 Å². The lowest BCUT2D eigenvalue weighted by Crippen LogP contribution is -2.28. The largest absolute Gasteiger partial charge is 0.472 e. The Morgan fingerprint density at radius 3 is 0.877 bits per heavy atom. The fourth-order valence-corrected chi connectivity index (χ4v) is 8.71. The predicted octanol–water partition coefficient (Wildman–Crippen LogP) is 15.7. The smallest absolute Gasteiger partial charge is 0.457 e. The minimum absolute atomic E-state index is 0.192. The number of unbranched alkanes of at least 4 members (excludes halogenated alkanes) is 34. The van der Waals surface area contributed by atoms with Crippen LogP contribution in [0.2, 0.25) is 0 Å². The van der Waals surface area contributed by atoms with Crippen LogP contribution in [0.25, 0.3) is 0 Å². The van der Waals surface area contributed by atoms with Crippen LogP contribution in [-0.2, 0) is 32.7 Å². The molecule has 3 atom stereocenters. The van der Waals surface area contributed by atoms with Crippen molar-refractivity contribution in [1.29, 1.82) is 0 Å². The van der Waals surface area contributed by atoms with E-state index in [-0.39, 0.29) is 12.8 Å². The van der Waals surface area contributed by atoms with Gasteiger partial charge in [-0.15, -0.1) is 0 Å². The second-order valence-corrected chi connectivity index (χ2v) is 20.0. The van der Waals surface area contributed by atoms with Crippen molar-refractivity contribution in [2.24, 2.45) is 0 Å². The highest BCUT2D eigenvalue weighted by Gasteiger charge is 2.27. The maximum Gasteiger partial charge on any atom is 0.472 e. The molecule has 0 aromatic rings. The first-order valence-electron chi connectivity index (χ1n) is 27.3. The maximum atomic E-state index is 12.4. The van der Waals surface area contributed by atoms with E-state index in [1.165, 1.54) is 193 Å². The van der Waals surface area contributed by atoms with Crippen LogP contribution >= 0.6 is 7.82 Å². The molecule has 0 spiro atoms. The van der Waals surface area contributed by atoms with Crippen LogP contribution in [-0.4, -0.2) is 65.7 Å². The van der Waals surface area contributed by atoms with Crippen molar-refractivity contribution in [2.75, 3.05) is 26.4 Å². The molecule has 0 radical (unpaired) electrons. The van der Waals surface area contributed by atoms with Gasteiger partial charge in [-0.2, -0.15) is 0 Å². The van der Waals surface area contributed by atoms with Crippen LogP contribution in [0.4, 0.5) is 0 Å². The van der Waals surface area contributed by atoms with E-state index >= 15 is 0 Å². The number of phosphoric acid groups is 1. The fraction of sp³-hybridized carbons (Fsp3) is 0.889. The van der Waals surface area contributed by atoms with Crippen LogP contribution in [0.15, 0.2) is 24.3 Å². The number of ether oxygens (including phenoxy) is 2. The second-order valence-electron chi connectivity index (χ2n) is 18.6. The molecule has 0 rings (SSSR count). The summed E-state index contributed by atoms with van der Waals surface area (Å²) < 4.78 is 32.8. The van der Waals surface area contributed by atoms with Crippen molar-refractivity contribution in [3.8, 4) is 0 Å². The molecule has 11 heteroatoms. The van der Waals surface area contributed by atoms with Crippen LogP contribution in [0.3, 0.4) is 0 Å². The standard InChI is InChI=1S/C54H103O10P/c1-3-5-7-9-11-13-15-17-19-21-23-24-25-26-28-30-32-34-36-38-40-42-44-46-54(58)64-52(48-56)50-62-65(59,60)61-49-51(47-55)63-53(57)45-43-41-39-37-35-33-31-29-27-22-20-18-16-14-12-10-8-6-4-2/h18,20-21,23,51-52,55-56H,3-17,19,22,24-50H2,1-2H3,(H,59,60)/b20-18-,23-21-. The van der Waals surface area contributed by atoms with Crippen molar-refractivity contribution < 1.29 is 47.8 Å². The summed E-state index contributed by atoms with van der Waals surface area (Å²) in [6.45, 7) is 2.26. The number of carbonyl (C=O) groups is 2. The van der Waals surface area contributed by atoms with Crippen molar-refractivity contribution in [3.63, 3.8) is 0 Å². The monoisotopic (exact) mass is 943 g/mol. The third kappa shape index (κ3) is 48.7. The molecule has 0 bridgehead atoms. The molecule has 0 aromatic carbocycles. The average molecular weight is 943 g/mol. The van der Waals surface area contributed by atoms with E-state index < -0.39 is 58.4 Å². The van der Waals surface area contributed by atoms with Gasteiger partial charge in [0, 0.05) is 12.8 Å². The van der Waals surface area contributed by atoms with Crippen molar-refractivity contribution in [2.45, 2.75) is 283 Å². The van der Waals surface area contributed by atoms with Crippen LogP contribution < -0.4 is 0 Å². The highest BCUT2D eigenvalue weighted by atomic mass is 31.2. The van der Waals surface area contributed by atoms with Crippen molar-refractivity contribution >= 4 is 19.8 Å². The minimum atomic E-state index is -4.64. The highest BCUT2D eigenvalue weighted by Crippen LogP contribution is 2.43. The average Bonchev–Trinajstić information content (AvgIpc) is 3.30. The lowest BCUT2D eigenvalue weighted by atomic mass is 10.0. The molecule has 10 nitrogen and oxygen atoms in total. The number of phosphoric ester groups is 1. The zero-order valence-corrected chi connectivity index (χ0v) is 43.1. The van der Waals surface area contributed by atoms with E-state index in [2.05, 4.69) is 38.2 Å². The Labute approximate surface area is 399 Å². The Morgan fingerprint density at radius 2 is 0.631 bits per heavy atom. The molecule has 0 heterocycles. The summed E-state index contributed by atoms with van der Waals surface area (Å²) in [5, 5.41) is 19.3. The van der Waals surface area contributed by atoms with Gasteiger partial charge in [-0.1, -0.05) is 218 Å². The Balaban J connectivity index is 3.79. The number of rotatable bonds is 52. The normalized spacial score (nSPS) is 13.7. The quantitative estimate of drug-likeness (QED) is 0.0233. The summed E-state index contributed by atoms with van der Waals surface area (Å²) in [5.74, 6) is -1.01. The molecular formula is C54H103O10P. The molecule has 0 aliphatic rings. The van der Waals surface area contributed by atoms with E-state index in [0.717, 1.165) is 38.5 Å². The zero-order valence-electron chi connectivity index (χ0n) is 42.2. The van der Waals surface area contributed by atoms with Gasteiger partial charge in [0.25, 0.3) is 0 Å².